The van der Waals surface area contributed by atoms with Gasteiger partial charge < -0.3 is 15.4 Å². The zero-order valence-corrected chi connectivity index (χ0v) is 17.5. The van der Waals surface area contributed by atoms with Crippen LogP contribution in [0.15, 0.2) is 72.8 Å². The molecular weight excluding hydrogens is 433 g/mol. The van der Waals surface area contributed by atoms with E-state index < -0.39 is 0 Å². The van der Waals surface area contributed by atoms with E-state index >= 15 is 0 Å². The molecule has 1 amide bonds. The van der Waals surface area contributed by atoms with E-state index in [-0.39, 0.29) is 11.7 Å². The Morgan fingerprint density at radius 3 is 2.45 bits per heavy atom. The van der Waals surface area contributed by atoms with E-state index in [1.165, 1.54) is 12.1 Å². The number of carbonyl (C=O) groups excluding carboxylic acids is 1. The number of aromatic nitrogens is 2. The number of nitrogens with one attached hydrogen (secondary N) is 2. The molecule has 5 nitrogen and oxygen atoms in total. The molecule has 0 spiro atoms. The summed E-state index contributed by atoms with van der Waals surface area (Å²) in [6.07, 6.45) is 0. The third-order valence-corrected chi connectivity index (χ3v) is 5.62. The summed E-state index contributed by atoms with van der Waals surface area (Å²) in [6.45, 7) is 0. The van der Waals surface area contributed by atoms with E-state index in [0.717, 1.165) is 21.8 Å². The molecular formula is C24H15Cl2N3O2. The maximum Gasteiger partial charge on any atom is 0.256 e. The predicted octanol–water partition coefficient (Wildman–Crippen LogP) is 6.65. The van der Waals surface area contributed by atoms with Crippen LogP contribution in [0.25, 0.3) is 33.1 Å². The molecule has 0 saturated carbocycles. The summed E-state index contributed by atoms with van der Waals surface area (Å²) < 4.78 is 0. The van der Waals surface area contributed by atoms with Crippen LogP contribution in [0.4, 0.5) is 5.82 Å². The average Bonchev–Trinajstić information content (AvgIpc) is 3.15. The lowest BCUT2D eigenvalue weighted by molar-refractivity contribution is 0.102. The van der Waals surface area contributed by atoms with E-state index in [1.54, 1.807) is 18.2 Å². The van der Waals surface area contributed by atoms with E-state index in [0.29, 0.717) is 32.7 Å². The maximum absolute atomic E-state index is 12.8. The number of hydrogen-bond donors (Lipinski definition) is 3. The van der Waals surface area contributed by atoms with Gasteiger partial charge in [0, 0.05) is 33.1 Å². The monoisotopic (exact) mass is 447 g/mol. The summed E-state index contributed by atoms with van der Waals surface area (Å²) in [4.78, 5) is 20.5. The zero-order valence-electron chi connectivity index (χ0n) is 16.0. The second-order valence-corrected chi connectivity index (χ2v) is 7.93. The van der Waals surface area contributed by atoms with Gasteiger partial charge in [-0.2, -0.15) is 0 Å². The first-order valence-electron chi connectivity index (χ1n) is 9.46. The first-order valence-corrected chi connectivity index (χ1v) is 10.2. The van der Waals surface area contributed by atoms with Crippen molar-refractivity contribution >= 4 is 56.7 Å². The van der Waals surface area contributed by atoms with Crippen molar-refractivity contribution in [3.05, 3.63) is 88.4 Å². The fraction of sp³-hybridized carbons (Fsp3) is 0. The first-order chi connectivity index (χ1) is 15.0. The minimum Gasteiger partial charge on any atom is -0.508 e. The largest absolute Gasteiger partial charge is 0.508 e. The molecule has 2 heterocycles. The lowest BCUT2D eigenvalue weighted by Crippen LogP contribution is -2.12. The molecule has 0 fully saturated rings. The Hall–Kier alpha value is -3.54. The molecule has 0 bridgehead atoms. The predicted molar refractivity (Wildman–Crippen MR) is 125 cm³/mol. The summed E-state index contributed by atoms with van der Waals surface area (Å²) in [5.74, 6) is 0.219. The van der Waals surface area contributed by atoms with E-state index in [4.69, 9.17) is 23.2 Å². The van der Waals surface area contributed by atoms with Gasteiger partial charge in [0.15, 0.2) is 0 Å². The number of phenolic OH excluding ortho intramolecular Hbond substituents is 1. The summed E-state index contributed by atoms with van der Waals surface area (Å²) in [5, 5.41) is 15.1. The highest BCUT2D eigenvalue weighted by molar-refractivity contribution is 6.39. The molecule has 5 aromatic rings. The van der Waals surface area contributed by atoms with Crippen molar-refractivity contribution in [2.45, 2.75) is 0 Å². The van der Waals surface area contributed by atoms with E-state index in [9.17, 15) is 9.90 Å². The third kappa shape index (κ3) is 3.69. The van der Waals surface area contributed by atoms with Crippen LogP contribution in [0.3, 0.4) is 0 Å². The van der Waals surface area contributed by atoms with Gasteiger partial charge in [0.2, 0.25) is 0 Å². The summed E-state index contributed by atoms with van der Waals surface area (Å²) >= 11 is 12.5. The number of hydrogen-bond acceptors (Lipinski definition) is 3. The third-order valence-electron chi connectivity index (χ3n) is 5.02. The molecule has 0 unspecified atom stereocenters. The number of H-pyrrole nitrogens is 1. The van der Waals surface area contributed by atoms with Crippen molar-refractivity contribution in [1.29, 1.82) is 0 Å². The van der Waals surface area contributed by atoms with Gasteiger partial charge in [0.1, 0.15) is 11.6 Å². The number of anilines is 1. The lowest BCUT2D eigenvalue weighted by Gasteiger charge is -2.06. The van der Waals surface area contributed by atoms with E-state index in [2.05, 4.69) is 15.3 Å². The Kier molecular flexibility index (Phi) is 4.77. The van der Waals surface area contributed by atoms with Crippen LogP contribution in [-0.2, 0) is 0 Å². The quantitative estimate of drug-likeness (QED) is 0.289. The lowest BCUT2D eigenvalue weighted by atomic mass is 10.1. The molecule has 152 valence electrons. The van der Waals surface area contributed by atoms with Crippen molar-refractivity contribution in [1.82, 2.24) is 9.97 Å². The van der Waals surface area contributed by atoms with Crippen molar-refractivity contribution in [2.24, 2.45) is 0 Å². The Morgan fingerprint density at radius 2 is 1.65 bits per heavy atom. The molecule has 0 atom stereocenters. The number of benzene rings is 3. The van der Waals surface area contributed by atoms with Crippen molar-refractivity contribution < 1.29 is 9.90 Å². The highest BCUT2D eigenvalue weighted by Gasteiger charge is 2.15. The second kappa shape index (κ2) is 7.61. The van der Waals surface area contributed by atoms with Crippen LogP contribution in [0.1, 0.15) is 10.4 Å². The fourth-order valence-electron chi connectivity index (χ4n) is 3.54. The van der Waals surface area contributed by atoms with Crippen LogP contribution in [-0.4, -0.2) is 21.0 Å². The zero-order chi connectivity index (χ0) is 21.5. The molecule has 0 radical (unpaired) electrons. The number of pyridine rings is 1. The highest BCUT2D eigenvalue weighted by Crippen LogP contribution is 2.38. The number of amides is 1. The molecule has 5 rings (SSSR count). The molecule has 3 N–H and O–H groups in total. The van der Waals surface area contributed by atoms with Crippen molar-refractivity contribution in [3.8, 4) is 17.0 Å². The molecule has 0 aliphatic rings. The maximum atomic E-state index is 12.8. The van der Waals surface area contributed by atoms with Crippen LogP contribution < -0.4 is 5.32 Å². The van der Waals surface area contributed by atoms with Gasteiger partial charge in [-0.25, -0.2) is 4.98 Å². The molecule has 0 aliphatic heterocycles. The van der Waals surface area contributed by atoms with Gasteiger partial charge in [-0.05, 0) is 48.5 Å². The number of phenols is 1. The summed E-state index contributed by atoms with van der Waals surface area (Å²) in [7, 11) is 0. The van der Waals surface area contributed by atoms with Gasteiger partial charge in [0.05, 0.1) is 15.6 Å². The van der Waals surface area contributed by atoms with Gasteiger partial charge in [0.25, 0.3) is 5.91 Å². The molecule has 0 aliphatic carbocycles. The van der Waals surface area contributed by atoms with E-state index in [1.807, 2.05) is 42.5 Å². The van der Waals surface area contributed by atoms with Gasteiger partial charge in [-0.1, -0.05) is 47.5 Å². The van der Waals surface area contributed by atoms with Crippen molar-refractivity contribution in [2.75, 3.05) is 5.32 Å². The van der Waals surface area contributed by atoms with Gasteiger partial charge >= 0.3 is 0 Å². The topological polar surface area (TPSA) is 78.0 Å². The summed E-state index contributed by atoms with van der Waals surface area (Å²) in [5.41, 5.74) is 3.34. The van der Waals surface area contributed by atoms with Crippen molar-refractivity contribution in [3.63, 3.8) is 0 Å². The number of halogens is 2. The SMILES string of the molecule is O=C(Nc1ccc2ccccc2n1)c1ccc2cc(-c3c(Cl)cc(O)cc3Cl)[nH]c2c1. The smallest absolute Gasteiger partial charge is 0.256 e. The Bertz CT molecular complexity index is 1450. The average molecular weight is 448 g/mol. The number of nitrogens with zero attached hydrogens (tertiary/aromatic N) is 1. The van der Waals surface area contributed by atoms with Crippen LogP contribution >= 0.6 is 23.2 Å². The Morgan fingerprint density at radius 1 is 0.903 bits per heavy atom. The molecule has 0 saturated heterocycles. The molecule has 2 aromatic heterocycles. The second-order valence-electron chi connectivity index (χ2n) is 7.11. The summed E-state index contributed by atoms with van der Waals surface area (Å²) in [6, 6.07) is 21.5. The van der Waals surface area contributed by atoms with Crippen LogP contribution in [0.2, 0.25) is 10.0 Å². The molecule has 31 heavy (non-hydrogen) atoms. The van der Waals surface area contributed by atoms with Gasteiger partial charge in [-0.3, -0.25) is 4.79 Å². The normalized spacial score (nSPS) is 11.2. The van der Waals surface area contributed by atoms with Gasteiger partial charge in [-0.15, -0.1) is 0 Å². The Labute approximate surface area is 187 Å². The fourth-order valence-corrected chi connectivity index (χ4v) is 4.22. The number of fused-ring (bicyclic) bond motifs is 2. The number of rotatable bonds is 3. The number of carbonyl (C=O) groups is 1. The number of aromatic hydroxyl groups is 1. The number of para-hydroxylation sites is 1. The first kappa shape index (κ1) is 19.4. The Balaban J connectivity index is 1.46. The number of aromatic amines is 1. The minimum absolute atomic E-state index is 0.00359. The highest BCUT2D eigenvalue weighted by atomic mass is 35.5. The minimum atomic E-state index is -0.262. The molecule has 3 aromatic carbocycles. The van der Waals surface area contributed by atoms with Crippen LogP contribution in [0, 0.1) is 0 Å². The molecule has 7 heteroatoms. The van der Waals surface area contributed by atoms with Crippen LogP contribution in [0.5, 0.6) is 5.75 Å². The standard InChI is InChI=1S/C24H15Cl2N3O2/c25-17-11-16(30)12-18(26)23(17)21-9-14-5-6-15(10-20(14)27-21)24(31)29-22-8-7-13-3-1-2-4-19(13)28-22/h1-12,27,30H,(H,28,29,31).